The first kappa shape index (κ1) is 15.1. The molecule has 2 aromatic carbocycles. The normalized spacial score (nSPS) is 15.8. The molecule has 0 aliphatic carbocycles. The van der Waals surface area contributed by atoms with Crippen molar-refractivity contribution in [3.8, 4) is 11.5 Å². The average molecular weight is 312 g/mol. The summed E-state index contributed by atoms with van der Waals surface area (Å²) in [6, 6.07) is 13.9. The molecular weight excluding hydrogens is 296 g/mol. The van der Waals surface area contributed by atoms with E-state index in [9.17, 15) is 9.59 Å². The Bertz CT molecular complexity index is 723. The van der Waals surface area contributed by atoms with Gasteiger partial charge < -0.3 is 14.2 Å². The molecule has 1 aliphatic heterocycles. The summed E-state index contributed by atoms with van der Waals surface area (Å²) in [5, 5.41) is 0. The van der Waals surface area contributed by atoms with Crippen LogP contribution in [0.2, 0.25) is 0 Å². The van der Waals surface area contributed by atoms with E-state index in [-0.39, 0.29) is 19.0 Å². The minimum absolute atomic E-state index is 0.0643. The van der Waals surface area contributed by atoms with Gasteiger partial charge in [0.1, 0.15) is 6.61 Å². The quantitative estimate of drug-likeness (QED) is 0.641. The Balaban J connectivity index is 1.79. The van der Waals surface area contributed by atoms with E-state index in [1.54, 1.807) is 37.3 Å². The van der Waals surface area contributed by atoms with Gasteiger partial charge in [0.05, 0.1) is 6.61 Å². The first-order valence-electron chi connectivity index (χ1n) is 7.39. The third-order valence-corrected chi connectivity index (χ3v) is 3.45. The van der Waals surface area contributed by atoms with Crippen LogP contribution in [-0.4, -0.2) is 31.1 Å². The van der Waals surface area contributed by atoms with Crippen molar-refractivity contribution < 1.29 is 23.8 Å². The summed E-state index contributed by atoms with van der Waals surface area (Å²) < 4.78 is 16.0. The van der Waals surface area contributed by atoms with Gasteiger partial charge >= 0.3 is 5.97 Å². The fraction of sp³-hybridized carbons (Fsp3) is 0.222. The molecule has 0 N–H and O–H groups in total. The smallest absolute Gasteiger partial charge is 0.350 e. The van der Waals surface area contributed by atoms with Gasteiger partial charge in [-0.2, -0.15) is 0 Å². The molecule has 1 atom stereocenters. The van der Waals surface area contributed by atoms with Crippen molar-refractivity contribution in [1.82, 2.24) is 0 Å². The number of hydrogen-bond acceptors (Lipinski definition) is 5. The number of ether oxygens (including phenoxy) is 3. The molecular formula is C18H16O5. The first-order valence-corrected chi connectivity index (χ1v) is 7.39. The molecule has 0 amide bonds. The van der Waals surface area contributed by atoms with Gasteiger partial charge in [0.25, 0.3) is 0 Å². The number of benzene rings is 2. The van der Waals surface area contributed by atoms with Gasteiger partial charge in [-0.3, -0.25) is 4.79 Å². The number of hydrogen-bond donors (Lipinski definition) is 0. The molecule has 0 radical (unpaired) electrons. The summed E-state index contributed by atoms with van der Waals surface area (Å²) >= 11 is 0. The molecule has 23 heavy (non-hydrogen) atoms. The summed E-state index contributed by atoms with van der Waals surface area (Å²) in [4.78, 5) is 24.1. The summed E-state index contributed by atoms with van der Waals surface area (Å²) in [5.74, 6) is 0.332. The third-order valence-electron chi connectivity index (χ3n) is 3.45. The van der Waals surface area contributed by atoms with Crippen LogP contribution in [0.3, 0.4) is 0 Å². The van der Waals surface area contributed by atoms with E-state index in [2.05, 4.69) is 0 Å². The van der Waals surface area contributed by atoms with Crippen LogP contribution in [0.5, 0.6) is 11.5 Å². The fourth-order valence-electron chi connectivity index (χ4n) is 2.32. The second-order valence-corrected chi connectivity index (χ2v) is 5.03. The van der Waals surface area contributed by atoms with E-state index in [0.29, 0.717) is 22.6 Å². The number of carbonyl (C=O) groups excluding carboxylic acids is 2. The van der Waals surface area contributed by atoms with Crippen molar-refractivity contribution in [3.63, 3.8) is 0 Å². The lowest BCUT2D eigenvalue weighted by Crippen LogP contribution is -2.37. The molecule has 2 aromatic rings. The Morgan fingerprint density at radius 3 is 2.61 bits per heavy atom. The third kappa shape index (κ3) is 3.18. The largest absolute Gasteiger partial charge is 0.485 e. The molecule has 1 unspecified atom stereocenters. The van der Waals surface area contributed by atoms with Crippen LogP contribution in [-0.2, 0) is 9.53 Å². The van der Waals surface area contributed by atoms with Crippen molar-refractivity contribution in [2.45, 2.75) is 13.0 Å². The minimum atomic E-state index is -0.780. The first-order chi connectivity index (χ1) is 11.2. The number of carbonyl (C=O) groups is 2. The molecule has 118 valence electrons. The van der Waals surface area contributed by atoms with Gasteiger partial charge in [0.15, 0.2) is 17.3 Å². The molecule has 1 aliphatic rings. The highest BCUT2D eigenvalue weighted by Gasteiger charge is 2.29. The van der Waals surface area contributed by atoms with E-state index < -0.39 is 12.1 Å². The lowest BCUT2D eigenvalue weighted by molar-refractivity contribution is -0.153. The fourth-order valence-corrected chi connectivity index (χ4v) is 2.32. The molecule has 0 saturated carbocycles. The number of fused-ring (bicyclic) bond motifs is 1. The zero-order valence-electron chi connectivity index (χ0n) is 12.7. The monoisotopic (exact) mass is 312 g/mol. The predicted molar refractivity (Wildman–Crippen MR) is 82.9 cm³/mol. The SMILES string of the molecule is CCOC(=O)C1COc2cc(C(=O)c3ccccc3)ccc2O1. The molecule has 5 nitrogen and oxygen atoms in total. The maximum atomic E-state index is 12.4. The molecule has 5 heteroatoms. The zero-order valence-corrected chi connectivity index (χ0v) is 12.7. The van der Waals surface area contributed by atoms with Gasteiger partial charge in [-0.05, 0) is 25.1 Å². The number of esters is 1. The van der Waals surface area contributed by atoms with Crippen LogP contribution in [0.25, 0.3) is 0 Å². The highest BCUT2D eigenvalue weighted by molar-refractivity contribution is 6.09. The Labute approximate surface area is 133 Å². The molecule has 0 spiro atoms. The van der Waals surface area contributed by atoms with E-state index >= 15 is 0 Å². The van der Waals surface area contributed by atoms with Crippen LogP contribution in [0.15, 0.2) is 48.5 Å². The summed E-state index contributed by atoms with van der Waals surface area (Å²) in [6.45, 7) is 2.09. The Hall–Kier alpha value is -2.82. The highest BCUT2D eigenvalue weighted by atomic mass is 16.6. The van der Waals surface area contributed by atoms with Crippen molar-refractivity contribution >= 4 is 11.8 Å². The summed E-state index contributed by atoms with van der Waals surface area (Å²) in [6.07, 6.45) is -0.780. The maximum absolute atomic E-state index is 12.4. The Kier molecular flexibility index (Phi) is 4.28. The van der Waals surface area contributed by atoms with Crippen molar-refractivity contribution in [3.05, 3.63) is 59.7 Å². The van der Waals surface area contributed by atoms with E-state index in [0.717, 1.165) is 0 Å². The molecule has 0 fully saturated rings. The minimum Gasteiger partial charge on any atom is -0.485 e. The lowest BCUT2D eigenvalue weighted by Gasteiger charge is -2.25. The van der Waals surface area contributed by atoms with Crippen LogP contribution < -0.4 is 9.47 Å². The Morgan fingerprint density at radius 1 is 1.09 bits per heavy atom. The van der Waals surface area contributed by atoms with Gasteiger partial charge in [0, 0.05) is 11.1 Å². The highest BCUT2D eigenvalue weighted by Crippen LogP contribution is 2.33. The molecule has 0 saturated heterocycles. The van der Waals surface area contributed by atoms with E-state index in [4.69, 9.17) is 14.2 Å². The molecule has 0 bridgehead atoms. The Morgan fingerprint density at radius 2 is 1.87 bits per heavy atom. The van der Waals surface area contributed by atoms with Crippen LogP contribution in [0.1, 0.15) is 22.8 Å². The lowest BCUT2D eigenvalue weighted by atomic mass is 10.0. The van der Waals surface area contributed by atoms with Crippen molar-refractivity contribution in [1.29, 1.82) is 0 Å². The van der Waals surface area contributed by atoms with Crippen molar-refractivity contribution in [2.75, 3.05) is 13.2 Å². The second kappa shape index (κ2) is 6.52. The number of rotatable bonds is 4. The van der Waals surface area contributed by atoms with Crippen LogP contribution >= 0.6 is 0 Å². The predicted octanol–water partition coefficient (Wildman–Crippen LogP) is 2.62. The standard InChI is InChI=1S/C18H16O5/c1-2-21-18(20)16-11-22-15-10-13(8-9-14(15)23-16)17(19)12-6-4-3-5-7-12/h3-10,16H,2,11H2,1H3. The van der Waals surface area contributed by atoms with Gasteiger partial charge in [-0.25, -0.2) is 4.79 Å². The topological polar surface area (TPSA) is 61.8 Å². The zero-order chi connectivity index (χ0) is 16.2. The molecule has 3 rings (SSSR count). The maximum Gasteiger partial charge on any atom is 0.350 e. The van der Waals surface area contributed by atoms with Gasteiger partial charge in [0.2, 0.25) is 6.10 Å². The van der Waals surface area contributed by atoms with Gasteiger partial charge in [-0.1, -0.05) is 30.3 Å². The summed E-state index contributed by atoms with van der Waals surface area (Å²) in [5.41, 5.74) is 1.11. The van der Waals surface area contributed by atoms with Gasteiger partial charge in [-0.15, -0.1) is 0 Å². The summed E-state index contributed by atoms with van der Waals surface area (Å²) in [7, 11) is 0. The average Bonchev–Trinajstić information content (AvgIpc) is 2.61. The molecule has 0 aromatic heterocycles. The molecule has 1 heterocycles. The second-order valence-electron chi connectivity index (χ2n) is 5.03. The van der Waals surface area contributed by atoms with Crippen molar-refractivity contribution in [2.24, 2.45) is 0 Å². The van der Waals surface area contributed by atoms with E-state index in [1.165, 1.54) is 0 Å². The van der Waals surface area contributed by atoms with Crippen LogP contribution in [0, 0.1) is 0 Å². The number of ketones is 1. The van der Waals surface area contributed by atoms with E-state index in [1.807, 2.05) is 18.2 Å². The van der Waals surface area contributed by atoms with Crippen LogP contribution in [0.4, 0.5) is 0 Å².